The van der Waals surface area contributed by atoms with Gasteiger partial charge in [-0.3, -0.25) is 14.5 Å². The fourth-order valence-electron chi connectivity index (χ4n) is 4.36. The van der Waals surface area contributed by atoms with Crippen LogP contribution < -0.4 is 10.6 Å². The van der Waals surface area contributed by atoms with Gasteiger partial charge in [0.05, 0.1) is 11.8 Å². The van der Waals surface area contributed by atoms with Gasteiger partial charge in [0.1, 0.15) is 0 Å². The van der Waals surface area contributed by atoms with Crippen LogP contribution in [0.15, 0.2) is 36.4 Å². The molecule has 4 rings (SSSR count). The van der Waals surface area contributed by atoms with Crippen molar-refractivity contribution < 1.29 is 14.4 Å². The highest BCUT2D eigenvalue weighted by molar-refractivity contribution is 6.06. The first-order valence-corrected chi connectivity index (χ1v) is 8.69. The first kappa shape index (κ1) is 15.9. The van der Waals surface area contributed by atoms with E-state index in [0.29, 0.717) is 5.69 Å². The summed E-state index contributed by atoms with van der Waals surface area (Å²) in [5.74, 6) is -0.0734. The molecule has 6 heteroatoms. The van der Waals surface area contributed by atoms with E-state index < -0.39 is 0 Å². The molecule has 4 amide bonds. The van der Waals surface area contributed by atoms with Gasteiger partial charge in [-0.2, -0.15) is 0 Å². The van der Waals surface area contributed by atoms with E-state index >= 15 is 0 Å². The minimum absolute atomic E-state index is 0.0762. The fourth-order valence-corrected chi connectivity index (χ4v) is 4.36. The molecule has 2 bridgehead atoms. The Morgan fingerprint density at radius 2 is 1.84 bits per heavy atom. The zero-order chi connectivity index (χ0) is 17.6. The van der Waals surface area contributed by atoms with Crippen molar-refractivity contribution >= 4 is 23.5 Å². The maximum Gasteiger partial charge on any atom is 0.319 e. The summed E-state index contributed by atoms with van der Waals surface area (Å²) in [6.07, 6.45) is 5.08. The maximum atomic E-state index is 12.5. The summed E-state index contributed by atoms with van der Waals surface area (Å²) in [6.45, 7) is 2.43. The number of benzene rings is 1. The molecule has 1 aliphatic heterocycles. The summed E-state index contributed by atoms with van der Waals surface area (Å²) in [4.78, 5) is 38.3. The van der Waals surface area contributed by atoms with E-state index in [-0.39, 0.29) is 54.6 Å². The molecule has 4 atom stereocenters. The Hall–Kier alpha value is -2.63. The Labute approximate surface area is 146 Å². The fraction of sp³-hybridized carbons (Fsp3) is 0.421. The highest BCUT2D eigenvalue weighted by atomic mass is 16.2. The van der Waals surface area contributed by atoms with E-state index in [2.05, 4.69) is 22.8 Å². The minimum Gasteiger partial charge on any atom is -0.336 e. The Kier molecular flexibility index (Phi) is 3.82. The topological polar surface area (TPSA) is 78.5 Å². The highest BCUT2D eigenvalue weighted by Gasteiger charge is 2.58. The van der Waals surface area contributed by atoms with E-state index in [1.807, 2.05) is 31.2 Å². The Morgan fingerprint density at radius 3 is 2.48 bits per heavy atom. The molecule has 25 heavy (non-hydrogen) atoms. The Balaban J connectivity index is 1.30. The van der Waals surface area contributed by atoms with Crippen LogP contribution in [0.25, 0.3) is 0 Å². The number of nitrogens with one attached hydrogen (secondary N) is 2. The molecule has 2 fully saturated rings. The summed E-state index contributed by atoms with van der Waals surface area (Å²) in [5, 5.41) is 5.46. The average Bonchev–Trinajstić information content (AvgIpc) is 3.24. The van der Waals surface area contributed by atoms with Crippen LogP contribution in [0.2, 0.25) is 0 Å². The number of imide groups is 1. The monoisotopic (exact) mass is 339 g/mol. The number of hydrogen-bond donors (Lipinski definition) is 2. The number of rotatable bonds is 4. The molecule has 1 saturated heterocycles. The van der Waals surface area contributed by atoms with Gasteiger partial charge in [0.25, 0.3) is 0 Å². The summed E-state index contributed by atoms with van der Waals surface area (Å²) in [7, 11) is 0. The second-order valence-electron chi connectivity index (χ2n) is 7.08. The quantitative estimate of drug-likeness (QED) is 0.650. The number of nitrogens with zero attached hydrogens (tertiary/aromatic N) is 1. The molecule has 0 radical (unpaired) electrons. The molecule has 1 aromatic carbocycles. The van der Waals surface area contributed by atoms with Gasteiger partial charge in [-0.05, 0) is 42.9 Å². The predicted octanol–water partition coefficient (Wildman–Crippen LogP) is 1.92. The molecular weight excluding hydrogens is 318 g/mol. The van der Waals surface area contributed by atoms with Gasteiger partial charge >= 0.3 is 6.03 Å². The highest BCUT2D eigenvalue weighted by Crippen LogP contribution is 2.52. The molecule has 0 spiro atoms. The number of allylic oxidation sites excluding steroid dienone is 2. The zero-order valence-electron chi connectivity index (χ0n) is 14.1. The third-order valence-electron chi connectivity index (χ3n) is 5.46. The normalized spacial score (nSPS) is 29.2. The summed E-state index contributed by atoms with van der Waals surface area (Å²) < 4.78 is 0. The molecule has 6 nitrogen and oxygen atoms in total. The van der Waals surface area contributed by atoms with Crippen molar-refractivity contribution in [2.45, 2.75) is 13.3 Å². The van der Waals surface area contributed by atoms with Gasteiger partial charge in [0, 0.05) is 18.8 Å². The van der Waals surface area contributed by atoms with E-state index in [1.165, 1.54) is 4.90 Å². The van der Waals surface area contributed by atoms with Crippen molar-refractivity contribution in [1.82, 2.24) is 10.2 Å². The number of anilines is 1. The van der Waals surface area contributed by atoms with E-state index in [1.54, 1.807) is 0 Å². The third-order valence-corrected chi connectivity index (χ3v) is 5.46. The van der Waals surface area contributed by atoms with Gasteiger partial charge < -0.3 is 10.6 Å². The second-order valence-corrected chi connectivity index (χ2v) is 7.08. The van der Waals surface area contributed by atoms with E-state index in [9.17, 15) is 14.4 Å². The molecule has 2 N–H and O–H groups in total. The van der Waals surface area contributed by atoms with Crippen molar-refractivity contribution in [1.29, 1.82) is 0 Å². The standard InChI is InChI=1S/C19H21N3O3/c1-11-3-2-4-14(9-11)21-19(25)20-7-8-22-17(23)15-12-5-6-13(10-12)16(15)18(22)24/h2-6,9,12-13,15-16H,7-8,10H2,1H3,(H2,20,21,25)/t12-,13-,15+,16+/m0/s1. The third kappa shape index (κ3) is 2.71. The van der Waals surface area contributed by atoms with Crippen molar-refractivity contribution in [2.75, 3.05) is 18.4 Å². The van der Waals surface area contributed by atoms with Crippen LogP contribution in [-0.2, 0) is 9.59 Å². The van der Waals surface area contributed by atoms with Gasteiger partial charge in [-0.25, -0.2) is 4.79 Å². The van der Waals surface area contributed by atoms with E-state index in [4.69, 9.17) is 0 Å². The van der Waals surface area contributed by atoms with Crippen molar-refractivity contribution in [3.63, 3.8) is 0 Å². The molecule has 2 aliphatic carbocycles. The van der Waals surface area contributed by atoms with Crippen LogP contribution in [-0.4, -0.2) is 35.8 Å². The molecule has 130 valence electrons. The predicted molar refractivity (Wildman–Crippen MR) is 92.6 cm³/mol. The van der Waals surface area contributed by atoms with Gasteiger partial charge in [0.2, 0.25) is 11.8 Å². The number of urea groups is 1. The lowest BCUT2D eigenvalue weighted by atomic mass is 9.85. The summed E-state index contributed by atoms with van der Waals surface area (Å²) in [5.41, 5.74) is 1.77. The number of carbonyl (C=O) groups is 3. The van der Waals surface area contributed by atoms with Crippen LogP contribution in [0.4, 0.5) is 10.5 Å². The van der Waals surface area contributed by atoms with Gasteiger partial charge in [-0.1, -0.05) is 24.3 Å². The van der Waals surface area contributed by atoms with Crippen molar-refractivity contribution in [3.8, 4) is 0 Å². The van der Waals surface area contributed by atoms with Gasteiger partial charge in [0.15, 0.2) is 0 Å². The lowest BCUT2D eigenvalue weighted by molar-refractivity contribution is -0.140. The number of likely N-dealkylation sites (tertiary alicyclic amines) is 1. The molecular formula is C19H21N3O3. The SMILES string of the molecule is Cc1cccc(NC(=O)NCCN2C(=O)[C@H]3[C@H](C2=O)[C@H]2C=C[C@H]3C2)c1. The molecule has 1 aromatic rings. The second kappa shape index (κ2) is 6.02. The Morgan fingerprint density at radius 1 is 1.16 bits per heavy atom. The van der Waals surface area contributed by atoms with Crippen LogP contribution in [0.5, 0.6) is 0 Å². The number of aryl methyl sites for hydroxylation is 1. The maximum absolute atomic E-state index is 12.5. The molecule has 0 aromatic heterocycles. The number of hydrogen-bond acceptors (Lipinski definition) is 3. The largest absolute Gasteiger partial charge is 0.336 e. The Bertz CT molecular complexity index is 743. The van der Waals surface area contributed by atoms with Crippen LogP contribution in [0.3, 0.4) is 0 Å². The lowest BCUT2D eigenvalue weighted by Gasteiger charge is -2.17. The molecule has 1 saturated carbocycles. The van der Waals surface area contributed by atoms with E-state index in [0.717, 1.165) is 12.0 Å². The smallest absolute Gasteiger partial charge is 0.319 e. The average molecular weight is 339 g/mol. The van der Waals surface area contributed by atoms with Crippen LogP contribution in [0, 0.1) is 30.6 Å². The van der Waals surface area contributed by atoms with Crippen LogP contribution in [0.1, 0.15) is 12.0 Å². The summed E-state index contributed by atoms with van der Waals surface area (Å²) in [6, 6.07) is 7.16. The summed E-state index contributed by atoms with van der Waals surface area (Å²) >= 11 is 0. The molecule has 3 aliphatic rings. The zero-order valence-corrected chi connectivity index (χ0v) is 14.1. The number of carbonyl (C=O) groups excluding carboxylic acids is 3. The van der Waals surface area contributed by atoms with Crippen LogP contribution >= 0.6 is 0 Å². The minimum atomic E-state index is -0.341. The van der Waals surface area contributed by atoms with Gasteiger partial charge in [-0.15, -0.1) is 0 Å². The lowest BCUT2D eigenvalue weighted by Crippen LogP contribution is -2.40. The number of fused-ring (bicyclic) bond motifs is 5. The first-order chi connectivity index (χ1) is 12.0. The number of amides is 4. The first-order valence-electron chi connectivity index (χ1n) is 8.69. The molecule has 0 unspecified atom stereocenters. The van der Waals surface area contributed by atoms with Crippen molar-refractivity contribution in [2.24, 2.45) is 23.7 Å². The molecule has 1 heterocycles. The van der Waals surface area contributed by atoms with Crippen molar-refractivity contribution in [3.05, 3.63) is 42.0 Å².